The monoisotopic (exact) mass is 321 g/mol. The van der Waals surface area contributed by atoms with Crippen LogP contribution in [0.15, 0.2) is 36.5 Å². The second kappa shape index (κ2) is 6.12. The fourth-order valence-electron chi connectivity index (χ4n) is 1.72. The molecular formula is C14H12ClN3O2S. The Kier molecular flexibility index (Phi) is 4.46. The molecule has 21 heavy (non-hydrogen) atoms. The minimum Gasteiger partial charge on any atom is -0.282 e. The Bertz CT molecular complexity index is 796. The molecule has 2 aromatic rings. The van der Waals surface area contributed by atoms with E-state index >= 15 is 0 Å². The molecule has 0 bridgehead atoms. The van der Waals surface area contributed by atoms with Crippen LogP contribution in [0.2, 0.25) is 5.15 Å². The van der Waals surface area contributed by atoms with E-state index < -0.39 is 10.0 Å². The first-order valence-corrected chi connectivity index (χ1v) is 8.04. The van der Waals surface area contributed by atoms with Crippen LogP contribution in [0, 0.1) is 18.3 Å². The van der Waals surface area contributed by atoms with Crippen molar-refractivity contribution in [3.63, 3.8) is 0 Å². The van der Waals surface area contributed by atoms with Crippen molar-refractivity contribution in [2.24, 2.45) is 0 Å². The molecule has 108 valence electrons. The van der Waals surface area contributed by atoms with E-state index in [1.165, 1.54) is 6.20 Å². The zero-order chi connectivity index (χ0) is 15.5. The van der Waals surface area contributed by atoms with E-state index in [1.54, 1.807) is 37.3 Å². The lowest BCUT2D eigenvalue weighted by Gasteiger charge is -2.09. The number of nitrogens with one attached hydrogen (secondary N) is 1. The first-order chi connectivity index (χ1) is 9.89. The molecule has 2 rings (SSSR count). The van der Waals surface area contributed by atoms with Gasteiger partial charge in [0.15, 0.2) is 0 Å². The molecule has 0 atom stereocenters. The number of sulfonamides is 1. The number of nitriles is 1. The van der Waals surface area contributed by atoms with Gasteiger partial charge in [-0.3, -0.25) is 4.72 Å². The van der Waals surface area contributed by atoms with Gasteiger partial charge in [-0.1, -0.05) is 23.7 Å². The molecule has 0 unspecified atom stereocenters. The Morgan fingerprint density at radius 3 is 2.57 bits per heavy atom. The summed E-state index contributed by atoms with van der Waals surface area (Å²) in [5, 5.41) is 9.04. The van der Waals surface area contributed by atoms with Gasteiger partial charge in [0.2, 0.25) is 10.0 Å². The van der Waals surface area contributed by atoms with Crippen LogP contribution in [0.25, 0.3) is 0 Å². The van der Waals surface area contributed by atoms with Crippen LogP contribution in [0.1, 0.15) is 16.7 Å². The van der Waals surface area contributed by atoms with E-state index in [1.807, 2.05) is 6.07 Å². The molecule has 0 radical (unpaired) electrons. The van der Waals surface area contributed by atoms with Crippen LogP contribution in [0.3, 0.4) is 0 Å². The van der Waals surface area contributed by atoms with Crippen LogP contribution < -0.4 is 4.72 Å². The summed E-state index contributed by atoms with van der Waals surface area (Å²) in [5.41, 5.74) is 2.14. The number of halogens is 1. The third kappa shape index (κ3) is 4.18. The molecule has 7 heteroatoms. The third-order valence-electron chi connectivity index (χ3n) is 2.73. The normalized spacial score (nSPS) is 10.9. The average molecular weight is 322 g/mol. The van der Waals surface area contributed by atoms with E-state index in [0.29, 0.717) is 27.5 Å². The summed E-state index contributed by atoms with van der Waals surface area (Å²) in [6.07, 6.45) is 1.37. The van der Waals surface area contributed by atoms with E-state index in [-0.39, 0.29) is 5.75 Å². The highest BCUT2D eigenvalue weighted by Crippen LogP contribution is 2.18. The van der Waals surface area contributed by atoms with E-state index in [0.717, 1.165) is 0 Å². The van der Waals surface area contributed by atoms with Gasteiger partial charge in [0, 0.05) is 0 Å². The first kappa shape index (κ1) is 15.3. The molecule has 1 aromatic carbocycles. The number of aryl methyl sites for hydroxylation is 1. The molecule has 0 spiro atoms. The van der Waals surface area contributed by atoms with Gasteiger partial charge in [0.25, 0.3) is 0 Å². The fraction of sp³-hybridized carbons (Fsp3) is 0.143. The third-order valence-corrected chi connectivity index (χ3v) is 4.38. The summed E-state index contributed by atoms with van der Waals surface area (Å²) in [5.74, 6) is -0.180. The standard InChI is InChI=1S/C14H12ClN3O2S/c1-10-6-13(8-17-14(10)15)18-21(19,20)9-12-4-2-11(7-16)3-5-12/h2-6,8,18H,9H2,1H3. The number of rotatable bonds is 4. The molecule has 0 aliphatic rings. The van der Waals surface area contributed by atoms with Gasteiger partial charge in [-0.25, -0.2) is 13.4 Å². The minimum atomic E-state index is -3.55. The summed E-state index contributed by atoms with van der Waals surface area (Å²) in [4.78, 5) is 3.89. The lowest BCUT2D eigenvalue weighted by atomic mass is 10.2. The quantitative estimate of drug-likeness (QED) is 0.878. The van der Waals surface area contributed by atoms with Crippen molar-refractivity contribution in [1.82, 2.24) is 4.98 Å². The molecular weight excluding hydrogens is 310 g/mol. The molecule has 0 aliphatic heterocycles. The predicted molar refractivity (Wildman–Crippen MR) is 81.4 cm³/mol. The molecule has 0 saturated heterocycles. The van der Waals surface area contributed by atoms with Gasteiger partial charge in [-0.15, -0.1) is 0 Å². The Hall–Kier alpha value is -2.10. The predicted octanol–water partition coefficient (Wildman–Crippen LogP) is 2.86. The number of benzene rings is 1. The van der Waals surface area contributed by atoms with Crippen LogP contribution >= 0.6 is 11.6 Å². The number of nitrogens with zero attached hydrogens (tertiary/aromatic N) is 2. The lowest BCUT2D eigenvalue weighted by Crippen LogP contribution is -2.15. The van der Waals surface area contributed by atoms with Crippen molar-refractivity contribution in [3.8, 4) is 6.07 Å². The molecule has 1 heterocycles. The highest BCUT2D eigenvalue weighted by Gasteiger charge is 2.12. The summed E-state index contributed by atoms with van der Waals surface area (Å²) < 4.78 is 26.6. The summed E-state index contributed by atoms with van der Waals surface area (Å²) in [6, 6.07) is 9.99. The zero-order valence-corrected chi connectivity index (χ0v) is 12.7. The number of hydrogen-bond acceptors (Lipinski definition) is 4. The van der Waals surface area contributed by atoms with Gasteiger partial charge in [0.05, 0.1) is 29.3 Å². The van der Waals surface area contributed by atoms with Gasteiger partial charge >= 0.3 is 0 Å². The maximum atomic E-state index is 12.1. The molecule has 0 amide bonds. The van der Waals surface area contributed by atoms with E-state index in [2.05, 4.69) is 9.71 Å². The second-order valence-corrected chi connectivity index (χ2v) is 6.58. The number of hydrogen-bond donors (Lipinski definition) is 1. The molecule has 1 aromatic heterocycles. The van der Waals surface area contributed by atoms with Crippen molar-refractivity contribution in [3.05, 3.63) is 58.4 Å². The minimum absolute atomic E-state index is 0.180. The van der Waals surface area contributed by atoms with E-state index in [4.69, 9.17) is 16.9 Å². The van der Waals surface area contributed by atoms with Crippen LogP contribution in [0.4, 0.5) is 5.69 Å². The lowest BCUT2D eigenvalue weighted by molar-refractivity contribution is 0.600. The van der Waals surface area contributed by atoms with Crippen molar-refractivity contribution in [2.45, 2.75) is 12.7 Å². The highest BCUT2D eigenvalue weighted by atomic mass is 35.5. The fourth-order valence-corrected chi connectivity index (χ4v) is 3.00. The smallest absolute Gasteiger partial charge is 0.236 e. The van der Waals surface area contributed by atoms with Crippen molar-refractivity contribution in [2.75, 3.05) is 4.72 Å². The molecule has 5 nitrogen and oxygen atoms in total. The summed E-state index contributed by atoms with van der Waals surface area (Å²) in [7, 11) is -3.55. The van der Waals surface area contributed by atoms with Crippen LogP contribution in [-0.2, 0) is 15.8 Å². The highest BCUT2D eigenvalue weighted by molar-refractivity contribution is 7.91. The van der Waals surface area contributed by atoms with Crippen LogP contribution in [-0.4, -0.2) is 13.4 Å². The van der Waals surface area contributed by atoms with E-state index in [9.17, 15) is 8.42 Å². The van der Waals surface area contributed by atoms with Crippen molar-refractivity contribution >= 4 is 27.3 Å². The maximum Gasteiger partial charge on any atom is 0.236 e. The summed E-state index contributed by atoms with van der Waals surface area (Å²) in [6.45, 7) is 1.74. The molecule has 0 aliphatic carbocycles. The Morgan fingerprint density at radius 2 is 2.00 bits per heavy atom. The SMILES string of the molecule is Cc1cc(NS(=O)(=O)Cc2ccc(C#N)cc2)cnc1Cl. The number of anilines is 1. The number of pyridine rings is 1. The maximum absolute atomic E-state index is 12.1. The van der Waals surface area contributed by atoms with Gasteiger partial charge < -0.3 is 0 Å². The molecule has 0 fully saturated rings. The topological polar surface area (TPSA) is 82.9 Å². The Labute approximate surface area is 128 Å². The van der Waals surface area contributed by atoms with Crippen molar-refractivity contribution < 1.29 is 8.42 Å². The molecule has 1 N–H and O–H groups in total. The summed E-state index contributed by atoms with van der Waals surface area (Å²) >= 11 is 5.80. The Balaban J connectivity index is 2.14. The van der Waals surface area contributed by atoms with Crippen LogP contribution in [0.5, 0.6) is 0 Å². The van der Waals surface area contributed by atoms with Gasteiger partial charge in [-0.05, 0) is 36.2 Å². The molecule has 0 saturated carbocycles. The average Bonchev–Trinajstić information content (AvgIpc) is 2.43. The number of aromatic nitrogens is 1. The zero-order valence-electron chi connectivity index (χ0n) is 11.2. The largest absolute Gasteiger partial charge is 0.282 e. The Morgan fingerprint density at radius 1 is 1.33 bits per heavy atom. The second-order valence-electron chi connectivity index (χ2n) is 4.50. The first-order valence-electron chi connectivity index (χ1n) is 6.01. The van der Waals surface area contributed by atoms with Gasteiger partial charge in [0.1, 0.15) is 5.15 Å². The van der Waals surface area contributed by atoms with Crippen molar-refractivity contribution in [1.29, 1.82) is 5.26 Å². The van der Waals surface area contributed by atoms with Gasteiger partial charge in [-0.2, -0.15) is 5.26 Å².